The Morgan fingerprint density at radius 2 is 2.17 bits per heavy atom. The third-order valence-corrected chi connectivity index (χ3v) is 5.11. The minimum atomic E-state index is -0.860. The Kier molecular flexibility index (Phi) is 4.40. The molecule has 1 aromatic carbocycles. The maximum absolute atomic E-state index is 13.0. The van der Waals surface area contributed by atoms with Gasteiger partial charge in [0.1, 0.15) is 11.7 Å². The topological polar surface area (TPSA) is 54.0 Å². The number of thiocarbonyl (C=S) groups is 1. The summed E-state index contributed by atoms with van der Waals surface area (Å²) in [5, 5.41) is 3.93. The molecule has 0 unspecified atom stereocenters. The number of para-hydroxylation sites is 1. The first-order chi connectivity index (χ1) is 11.4. The molecule has 0 aromatic heterocycles. The molecule has 0 spiro atoms. The second-order valence-corrected chi connectivity index (χ2v) is 6.86. The Balaban J connectivity index is 2.10. The lowest BCUT2D eigenvalue weighted by Crippen LogP contribution is -2.72. The summed E-state index contributed by atoms with van der Waals surface area (Å²) in [6.07, 6.45) is 0. The van der Waals surface area contributed by atoms with E-state index in [2.05, 4.69) is 5.32 Å². The average Bonchev–Trinajstić information content (AvgIpc) is 2.53. The lowest BCUT2D eigenvalue weighted by molar-refractivity contribution is -0.162. The van der Waals surface area contributed by atoms with Crippen molar-refractivity contribution in [3.05, 3.63) is 29.8 Å². The molecule has 2 heterocycles. The van der Waals surface area contributed by atoms with Gasteiger partial charge in [-0.15, -0.1) is 0 Å². The number of carbonyl (C=O) groups is 1. The summed E-state index contributed by atoms with van der Waals surface area (Å²) < 4.78 is 11.6. The van der Waals surface area contributed by atoms with Gasteiger partial charge in [-0.1, -0.05) is 18.2 Å². The van der Waals surface area contributed by atoms with Crippen LogP contribution in [0.15, 0.2) is 24.3 Å². The summed E-state index contributed by atoms with van der Waals surface area (Å²) in [7, 11) is 5.17. The predicted molar refractivity (Wildman–Crippen MR) is 94.7 cm³/mol. The number of benzene rings is 1. The van der Waals surface area contributed by atoms with Gasteiger partial charge in [-0.3, -0.25) is 4.79 Å². The van der Waals surface area contributed by atoms with Gasteiger partial charge in [0.25, 0.3) is 0 Å². The number of hydrogen-bond donors (Lipinski definition) is 1. The summed E-state index contributed by atoms with van der Waals surface area (Å²) in [4.78, 5) is 16.5. The van der Waals surface area contributed by atoms with E-state index in [9.17, 15) is 4.79 Å². The molecule has 2 aliphatic heterocycles. The molecule has 1 saturated heterocycles. The Labute approximate surface area is 147 Å². The fourth-order valence-corrected chi connectivity index (χ4v) is 3.96. The zero-order valence-corrected chi connectivity index (χ0v) is 15.2. The van der Waals surface area contributed by atoms with Crippen LogP contribution in [0.2, 0.25) is 0 Å². The van der Waals surface area contributed by atoms with E-state index < -0.39 is 11.6 Å². The van der Waals surface area contributed by atoms with Gasteiger partial charge < -0.3 is 24.6 Å². The van der Waals surface area contributed by atoms with Crippen molar-refractivity contribution in [2.24, 2.45) is 5.92 Å². The molecule has 6 nitrogen and oxygen atoms in total. The van der Waals surface area contributed by atoms with E-state index in [4.69, 9.17) is 21.7 Å². The molecule has 24 heavy (non-hydrogen) atoms. The number of hydrogen-bond acceptors (Lipinski definition) is 4. The highest BCUT2D eigenvalue weighted by molar-refractivity contribution is 7.80. The molecular weight excluding hydrogens is 326 g/mol. The molecule has 0 aliphatic carbocycles. The monoisotopic (exact) mass is 349 g/mol. The highest BCUT2D eigenvalue weighted by Crippen LogP contribution is 2.48. The van der Waals surface area contributed by atoms with Gasteiger partial charge in [0, 0.05) is 33.3 Å². The molecule has 1 amide bonds. The van der Waals surface area contributed by atoms with E-state index in [0.717, 1.165) is 11.3 Å². The second kappa shape index (κ2) is 6.22. The van der Waals surface area contributed by atoms with Crippen LogP contribution in [0, 0.1) is 5.92 Å². The van der Waals surface area contributed by atoms with Crippen molar-refractivity contribution in [3.63, 3.8) is 0 Å². The van der Waals surface area contributed by atoms with Crippen molar-refractivity contribution in [3.8, 4) is 5.75 Å². The third-order valence-electron chi connectivity index (χ3n) is 4.77. The molecule has 0 radical (unpaired) electrons. The highest BCUT2D eigenvalue weighted by atomic mass is 32.1. The van der Waals surface area contributed by atoms with Crippen LogP contribution in [0.25, 0.3) is 0 Å². The van der Waals surface area contributed by atoms with Crippen LogP contribution in [-0.2, 0) is 9.53 Å². The van der Waals surface area contributed by atoms with Crippen LogP contribution in [0.3, 0.4) is 0 Å². The fraction of sp³-hybridized carbons (Fsp3) is 0.529. The van der Waals surface area contributed by atoms with Gasteiger partial charge in [-0.25, -0.2) is 0 Å². The van der Waals surface area contributed by atoms with E-state index in [-0.39, 0.29) is 11.9 Å². The Hall–Kier alpha value is -1.86. The van der Waals surface area contributed by atoms with Gasteiger partial charge in [-0.2, -0.15) is 0 Å². The molecule has 3 atom stereocenters. The minimum Gasteiger partial charge on any atom is -0.467 e. The van der Waals surface area contributed by atoms with E-state index in [0.29, 0.717) is 18.3 Å². The number of nitrogens with zero attached hydrogens (tertiary/aromatic N) is 2. The lowest BCUT2D eigenvalue weighted by atomic mass is 9.78. The van der Waals surface area contributed by atoms with Crippen LogP contribution in [0.5, 0.6) is 5.75 Å². The number of carbonyl (C=O) groups excluding carboxylic acids is 1. The Morgan fingerprint density at radius 1 is 1.46 bits per heavy atom. The normalized spacial score (nSPS) is 27.8. The standard InChI is InChI=1S/C17H23N3O3S/c1-17-13(15(21)19(2)3)14(11-7-5-6-8-12(11)23-17)18-16(24)20(17)9-10-22-4/h5-8,13-14H,9-10H2,1-4H3,(H,18,24)/t13-,14+,17+/m0/s1. The van der Waals surface area contributed by atoms with Crippen LogP contribution >= 0.6 is 12.2 Å². The van der Waals surface area contributed by atoms with Crippen LogP contribution in [0.1, 0.15) is 18.5 Å². The zero-order chi connectivity index (χ0) is 17.5. The number of rotatable bonds is 4. The summed E-state index contributed by atoms with van der Waals surface area (Å²) in [5.74, 6) is 0.380. The molecule has 1 fully saturated rings. The van der Waals surface area contributed by atoms with Crippen molar-refractivity contribution in [2.45, 2.75) is 18.7 Å². The van der Waals surface area contributed by atoms with Crippen molar-refractivity contribution >= 4 is 23.2 Å². The second-order valence-electron chi connectivity index (χ2n) is 6.48. The summed E-state index contributed by atoms with van der Waals surface area (Å²) in [5.41, 5.74) is 0.102. The van der Waals surface area contributed by atoms with Gasteiger partial charge in [-0.05, 0) is 25.2 Å². The SMILES string of the molecule is COCCN1C(=S)N[C@@H]2c3ccccc3O[C@]1(C)[C@@H]2C(=O)N(C)C. The molecule has 1 aromatic rings. The quantitative estimate of drug-likeness (QED) is 0.829. The number of amides is 1. The first kappa shape index (κ1) is 17.0. The highest BCUT2D eigenvalue weighted by Gasteiger charge is 2.58. The third kappa shape index (κ3) is 2.52. The maximum Gasteiger partial charge on any atom is 0.233 e. The van der Waals surface area contributed by atoms with E-state index in [1.54, 1.807) is 26.1 Å². The van der Waals surface area contributed by atoms with Crippen LogP contribution < -0.4 is 10.1 Å². The van der Waals surface area contributed by atoms with Gasteiger partial charge in [0.2, 0.25) is 5.91 Å². The van der Waals surface area contributed by atoms with Crippen LogP contribution in [-0.4, -0.2) is 60.9 Å². The first-order valence-electron chi connectivity index (χ1n) is 7.96. The van der Waals surface area contributed by atoms with Crippen molar-refractivity contribution in [1.29, 1.82) is 0 Å². The predicted octanol–water partition coefficient (Wildman–Crippen LogP) is 1.38. The number of fused-ring (bicyclic) bond motifs is 4. The fourth-order valence-electron chi connectivity index (χ4n) is 3.56. The Morgan fingerprint density at radius 3 is 2.83 bits per heavy atom. The van der Waals surface area contributed by atoms with Crippen molar-refractivity contribution < 1.29 is 14.3 Å². The number of methoxy groups -OCH3 is 1. The molecule has 0 saturated carbocycles. The van der Waals surface area contributed by atoms with Crippen LogP contribution in [0.4, 0.5) is 0 Å². The van der Waals surface area contributed by atoms with Gasteiger partial charge in [0.05, 0.1) is 12.6 Å². The minimum absolute atomic E-state index is 0.00872. The molecule has 7 heteroatoms. The van der Waals surface area contributed by atoms with Gasteiger partial charge in [0.15, 0.2) is 10.8 Å². The van der Waals surface area contributed by atoms with E-state index in [1.807, 2.05) is 36.1 Å². The number of ether oxygens (including phenoxy) is 2. The van der Waals surface area contributed by atoms with Gasteiger partial charge >= 0.3 is 0 Å². The molecule has 1 N–H and O–H groups in total. The largest absolute Gasteiger partial charge is 0.467 e. The van der Waals surface area contributed by atoms with Crippen molar-refractivity contribution in [2.75, 3.05) is 34.4 Å². The number of nitrogens with one attached hydrogen (secondary N) is 1. The van der Waals surface area contributed by atoms with Crippen molar-refractivity contribution in [1.82, 2.24) is 15.1 Å². The molecule has 3 rings (SSSR count). The molecule has 2 aliphatic rings. The zero-order valence-electron chi connectivity index (χ0n) is 14.4. The van der Waals surface area contributed by atoms with E-state index in [1.165, 1.54) is 0 Å². The molecule has 130 valence electrons. The van der Waals surface area contributed by atoms with E-state index >= 15 is 0 Å². The molecule has 2 bridgehead atoms. The Bertz CT molecular complexity index is 666. The first-order valence-corrected chi connectivity index (χ1v) is 8.37. The average molecular weight is 349 g/mol. The smallest absolute Gasteiger partial charge is 0.233 e. The maximum atomic E-state index is 13.0. The summed E-state index contributed by atoms with van der Waals surface area (Å²) >= 11 is 5.56. The molecular formula is C17H23N3O3S. The summed E-state index contributed by atoms with van der Waals surface area (Å²) in [6.45, 7) is 2.98. The lowest BCUT2D eigenvalue weighted by Gasteiger charge is -2.56. The summed E-state index contributed by atoms with van der Waals surface area (Å²) in [6, 6.07) is 7.59.